The molecule has 0 aliphatic carbocycles. The van der Waals surface area contributed by atoms with Crippen molar-refractivity contribution in [3.05, 3.63) is 53.6 Å². The normalized spacial score (nSPS) is 23.2. The monoisotopic (exact) mass is 553 g/mol. The molecule has 0 saturated carbocycles. The number of piperazine rings is 1. The van der Waals surface area contributed by atoms with Gasteiger partial charge >= 0.3 is 0 Å². The van der Waals surface area contributed by atoms with E-state index in [1.54, 1.807) is 12.1 Å². The van der Waals surface area contributed by atoms with E-state index in [1.807, 2.05) is 49.9 Å². The van der Waals surface area contributed by atoms with Crippen LogP contribution >= 0.6 is 0 Å². The fourth-order valence-corrected chi connectivity index (χ4v) is 7.56. The lowest BCUT2D eigenvalue weighted by molar-refractivity contribution is -0.118. The number of likely N-dealkylation sites (tertiary alicyclic amines) is 1. The van der Waals surface area contributed by atoms with Gasteiger partial charge in [0.1, 0.15) is 5.75 Å². The van der Waals surface area contributed by atoms with E-state index in [2.05, 4.69) is 17.3 Å². The maximum absolute atomic E-state index is 13.4. The van der Waals surface area contributed by atoms with Gasteiger partial charge in [-0.2, -0.15) is 9.57 Å². The minimum absolute atomic E-state index is 0.111. The van der Waals surface area contributed by atoms with Crippen molar-refractivity contribution >= 4 is 21.6 Å². The molecule has 2 fully saturated rings. The minimum Gasteiger partial charge on any atom is -0.493 e. The number of rotatable bonds is 8. The molecule has 0 bridgehead atoms. The number of piperidine rings is 1. The zero-order chi connectivity index (χ0) is 28.2. The minimum atomic E-state index is -3.78. The van der Waals surface area contributed by atoms with Crippen molar-refractivity contribution in [2.24, 2.45) is 5.92 Å². The Kier molecular flexibility index (Phi) is 9.28. The van der Waals surface area contributed by atoms with Gasteiger partial charge in [-0.15, -0.1) is 0 Å². The van der Waals surface area contributed by atoms with Crippen molar-refractivity contribution in [1.82, 2.24) is 14.1 Å². The molecule has 4 rings (SSSR count). The van der Waals surface area contributed by atoms with Gasteiger partial charge in [0.2, 0.25) is 15.9 Å². The number of benzene rings is 2. The molecule has 2 heterocycles. The Bertz CT molecular complexity index is 1310. The standard InChI is InChI=1S/C29H39N5O4S/c1-21-10-11-26(38-20-25-8-6-12-32(4)18-25)14-28(21)31-29(35)19-33-16-22(2)34(23(3)17-33)39(36,37)27-9-5-7-24(13-27)15-30/h5,7,9-11,13-14,22-23,25H,6,8,12,16-20H2,1-4H3,(H,31,35). The highest BCUT2D eigenvalue weighted by molar-refractivity contribution is 7.89. The number of nitriles is 1. The maximum Gasteiger partial charge on any atom is 0.243 e. The van der Waals surface area contributed by atoms with E-state index in [0.717, 1.165) is 36.5 Å². The van der Waals surface area contributed by atoms with Crippen molar-refractivity contribution in [3.8, 4) is 11.8 Å². The Hall–Kier alpha value is -2.97. The molecule has 2 aromatic carbocycles. The molecular formula is C29H39N5O4S. The van der Waals surface area contributed by atoms with Crippen molar-refractivity contribution in [1.29, 1.82) is 5.26 Å². The lowest BCUT2D eigenvalue weighted by Gasteiger charge is -2.43. The zero-order valence-electron chi connectivity index (χ0n) is 23.3. The van der Waals surface area contributed by atoms with Crippen LogP contribution in [0.25, 0.3) is 0 Å². The predicted molar refractivity (Wildman–Crippen MR) is 151 cm³/mol. The molecule has 1 N–H and O–H groups in total. The third-order valence-electron chi connectivity index (χ3n) is 7.51. The summed E-state index contributed by atoms with van der Waals surface area (Å²) in [6.45, 7) is 9.48. The van der Waals surface area contributed by atoms with Crippen LogP contribution in [0, 0.1) is 24.2 Å². The second kappa shape index (κ2) is 12.5. The number of aryl methyl sites for hydroxylation is 1. The highest BCUT2D eigenvalue weighted by Crippen LogP contribution is 2.27. The van der Waals surface area contributed by atoms with Gasteiger partial charge in [0.25, 0.3) is 0 Å². The Morgan fingerprint density at radius 3 is 2.56 bits per heavy atom. The molecule has 9 nitrogen and oxygen atoms in total. The molecule has 10 heteroatoms. The molecule has 0 spiro atoms. The summed E-state index contributed by atoms with van der Waals surface area (Å²) < 4.78 is 34.3. The highest BCUT2D eigenvalue weighted by Gasteiger charge is 2.39. The SMILES string of the molecule is Cc1ccc(OCC2CCCN(C)C2)cc1NC(=O)CN1CC(C)N(S(=O)(=O)c2cccc(C#N)c2)C(C)C1. The van der Waals surface area contributed by atoms with Crippen molar-refractivity contribution < 1.29 is 17.9 Å². The number of amides is 1. The van der Waals surface area contributed by atoms with Gasteiger partial charge < -0.3 is 15.0 Å². The Morgan fingerprint density at radius 2 is 1.87 bits per heavy atom. The van der Waals surface area contributed by atoms with Gasteiger partial charge in [-0.05, 0) is 77.0 Å². The van der Waals surface area contributed by atoms with E-state index in [9.17, 15) is 18.5 Å². The number of hydrogen-bond acceptors (Lipinski definition) is 7. The smallest absolute Gasteiger partial charge is 0.243 e. The van der Waals surface area contributed by atoms with Crippen LogP contribution in [-0.4, -0.2) is 86.9 Å². The van der Waals surface area contributed by atoms with Crippen molar-refractivity contribution in [2.75, 3.05) is 51.7 Å². The van der Waals surface area contributed by atoms with E-state index in [1.165, 1.54) is 22.9 Å². The number of hydrogen-bond donors (Lipinski definition) is 1. The number of carbonyl (C=O) groups is 1. The van der Waals surface area contributed by atoms with E-state index < -0.39 is 10.0 Å². The first-order chi connectivity index (χ1) is 18.6. The largest absolute Gasteiger partial charge is 0.493 e. The first-order valence-electron chi connectivity index (χ1n) is 13.5. The summed E-state index contributed by atoms with van der Waals surface area (Å²) >= 11 is 0. The van der Waals surface area contributed by atoms with E-state index in [-0.39, 0.29) is 29.4 Å². The van der Waals surface area contributed by atoms with Crippen LogP contribution < -0.4 is 10.1 Å². The number of nitrogens with zero attached hydrogens (tertiary/aromatic N) is 4. The van der Waals surface area contributed by atoms with Crippen LogP contribution in [0.15, 0.2) is 47.4 Å². The van der Waals surface area contributed by atoms with Crippen LogP contribution in [0.4, 0.5) is 5.69 Å². The molecule has 3 unspecified atom stereocenters. The maximum atomic E-state index is 13.4. The summed E-state index contributed by atoms with van der Waals surface area (Å²) in [5.74, 6) is 1.09. The summed E-state index contributed by atoms with van der Waals surface area (Å²) in [6, 6.07) is 13.2. The van der Waals surface area contributed by atoms with Crippen LogP contribution in [0.1, 0.15) is 37.8 Å². The third-order valence-corrected chi connectivity index (χ3v) is 9.63. The first kappa shape index (κ1) is 29.0. The summed E-state index contributed by atoms with van der Waals surface area (Å²) in [6.07, 6.45) is 2.35. The lowest BCUT2D eigenvalue weighted by atomic mass is 9.99. The fourth-order valence-electron chi connectivity index (χ4n) is 5.71. The molecule has 2 saturated heterocycles. The topological polar surface area (TPSA) is 106 Å². The summed E-state index contributed by atoms with van der Waals surface area (Å²) in [4.78, 5) is 17.4. The second-order valence-electron chi connectivity index (χ2n) is 11.0. The summed E-state index contributed by atoms with van der Waals surface area (Å²) in [7, 11) is -1.64. The van der Waals surface area contributed by atoms with Crippen LogP contribution in [0.3, 0.4) is 0 Å². The average Bonchev–Trinajstić information content (AvgIpc) is 2.88. The lowest BCUT2D eigenvalue weighted by Crippen LogP contribution is -2.59. The molecule has 0 aromatic heterocycles. The Morgan fingerprint density at radius 1 is 1.13 bits per heavy atom. The molecule has 2 aliphatic heterocycles. The van der Waals surface area contributed by atoms with Gasteiger partial charge in [-0.25, -0.2) is 8.42 Å². The molecule has 39 heavy (non-hydrogen) atoms. The van der Waals surface area contributed by atoms with Crippen LogP contribution in [-0.2, 0) is 14.8 Å². The zero-order valence-corrected chi connectivity index (χ0v) is 24.1. The number of sulfonamides is 1. The molecule has 2 aromatic rings. The number of nitrogens with one attached hydrogen (secondary N) is 1. The van der Waals surface area contributed by atoms with Crippen LogP contribution in [0.2, 0.25) is 0 Å². The van der Waals surface area contributed by atoms with Crippen molar-refractivity contribution in [2.45, 2.75) is 50.6 Å². The quantitative estimate of drug-likeness (QED) is 0.535. The highest BCUT2D eigenvalue weighted by atomic mass is 32.2. The van der Waals surface area contributed by atoms with Crippen molar-refractivity contribution in [3.63, 3.8) is 0 Å². The van der Waals surface area contributed by atoms with E-state index in [4.69, 9.17) is 4.74 Å². The molecule has 210 valence electrons. The third kappa shape index (κ3) is 7.17. The van der Waals surface area contributed by atoms with Gasteiger partial charge in [0.15, 0.2) is 0 Å². The van der Waals surface area contributed by atoms with Gasteiger partial charge in [0, 0.05) is 49.4 Å². The second-order valence-corrected chi connectivity index (χ2v) is 12.8. The van der Waals surface area contributed by atoms with Gasteiger partial charge in [-0.1, -0.05) is 12.1 Å². The van der Waals surface area contributed by atoms with Crippen LogP contribution in [0.5, 0.6) is 5.75 Å². The average molecular weight is 554 g/mol. The molecule has 1 amide bonds. The Balaban J connectivity index is 1.35. The van der Waals surface area contributed by atoms with E-state index >= 15 is 0 Å². The first-order valence-corrected chi connectivity index (χ1v) is 15.0. The fraction of sp³-hybridized carbons (Fsp3) is 0.517. The summed E-state index contributed by atoms with van der Waals surface area (Å²) in [5, 5.41) is 12.2. The number of carbonyl (C=O) groups excluding carboxylic acids is 1. The molecule has 2 aliphatic rings. The Labute approximate surface area is 232 Å². The molecular weight excluding hydrogens is 514 g/mol. The predicted octanol–water partition coefficient (Wildman–Crippen LogP) is 3.31. The summed E-state index contributed by atoms with van der Waals surface area (Å²) in [5.41, 5.74) is 1.97. The molecule has 3 atom stereocenters. The number of anilines is 1. The number of ether oxygens (including phenoxy) is 1. The molecule has 0 radical (unpaired) electrons. The van der Waals surface area contributed by atoms with Gasteiger partial charge in [-0.3, -0.25) is 9.69 Å². The van der Waals surface area contributed by atoms with E-state index in [0.29, 0.717) is 31.2 Å². The van der Waals surface area contributed by atoms with Gasteiger partial charge in [0.05, 0.1) is 29.7 Å².